The Morgan fingerprint density at radius 1 is 1.27 bits per heavy atom. The van der Waals surface area contributed by atoms with E-state index in [1.54, 1.807) is 18.2 Å². The molecular weight excluding hydrogens is 410 g/mol. The van der Waals surface area contributed by atoms with E-state index in [0.29, 0.717) is 37.7 Å². The van der Waals surface area contributed by atoms with E-state index in [2.05, 4.69) is 30.2 Å². The average molecular weight is 436 g/mol. The maximum atomic E-state index is 12.9. The van der Waals surface area contributed by atoms with Crippen LogP contribution in [0.25, 0.3) is 11.2 Å². The van der Waals surface area contributed by atoms with Gasteiger partial charge in [-0.25, -0.2) is 9.78 Å². The molecule has 2 aromatic heterocycles. The van der Waals surface area contributed by atoms with E-state index in [-0.39, 0.29) is 29.2 Å². The number of rotatable bonds is 4. The molecule has 2 aromatic rings. The van der Waals surface area contributed by atoms with Crippen LogP contribution in [0.3, 0.4) is 0 Å². The molecule has 0 radical (unpaired) electrons. The number of carbonyl (C=O) groups excluding carboxylic acids is 2. The number of likely N-dealkylation sites (tertiary alicyclic amines) is 1. The number of H-pyrrole nitrogens is 1. The Morgan fingerprint density at radius 3 is 2.83 bits per heavy atom. The summed E-state index contributed by atoms with van der Waals surface area (Å²) >= 11 is 6.06. The monoisotopic (exact) mass is 435 g/mol. The predicted molar refractivity (Wildman–Crippen MR) is 111 cm³/mol. The quantitative estimate of drug-likeness (QED) is 0.705. The lowest BCUT2D eigenvalue weighted by Gasteiger charge is -2.35. The number of nitrogens with one attached hydrogen (secondary N) is 2. The first-order valence-electron chi connectivity index (χ1n) is 10.4. The number of imidazole rings is 1. The van der Waals surface area contributed by atoms with Gasteiger partial charge in [0.1, 0.15) is 5.52 Å². The lowest BCUT2D eigenvalue weighted by atomic mass is 9.95. The van der Waals surface area contributed by atoms with Gasteiger partial charge in [-0.3, -0.25) is 4.79 Å². The number of amides is 2. The van der Waals surface area contributed by atoms with Crippen LogP contribution in [0.2, 0.25) is 5.28 Å². The molecule has 10 nitrogen and oxygen atoms in total. The minimum absolute atomic E-state index is 0.0512. The van der Waals surface area contributed by atoms with Gasteiger partial charge in [-0.1, -0.05) is 0 Å². The van der Waals surface area contributed by atoms with Crippen molar-refractivity contribution in [2.75, 3.05) is 37.7 Å². The van der Waals surface area contributed by atoms with Crippen LogP contribution in [-0.2, 0) is 9.53 Å². The molecule has 2 aliphatic heterocycles. The molecule has 2 aliphatic rings. The van der Waals surface area contributed by atoms with Gasteiger partial charge < -0.3 is 24.8 Å². The van der Waals surface area contributed by atoms with Gasteiger partial charge >= 0.3 is 6.09 Å². The molecule has 0 spiro atoms. The fraction of sp³-hybridized carbons (Fsp3) is 0.632. The maximum Gasteiger partial charge on any atom is 0.409 e. The summed E-state index contributed by atoms with van der Waals surface area (Å²) in [7, 11) is 0. The summed E-state index contributed by atoms with van der Waals surface area (Å²) in [5.74, 6) is 0.603. The number of hydrogen-bond acceptors (Lipinski definition) is 7. The molecule has 0 unspecified atom stereocenters. The number of fused-ring (bicyclic) bond motifs is 1. The van der Waals surface area contributed by atoms with E-state index in [4.69, 9.17) is 16.3 Å². The van der Waals surface area contributed by atoms with Crippen LogP contribution >= 0.6 is 11.6 Å². The molecule has 11 heteroatoms. The molecule has 1 atom stereocenters. The zero-order valence-electron chi connectivity index (χ0n) is 16.9. The number of carbonyl (C=O) groups is 2. The van der Waals surface area contributed by atoms with Crippen LogP contribution in [0.1, 0.15) is 32.6 Å². The average Bonchev–Trinajstić information content (AvgIpc) is 3.22. The van der Waals surface area contributed by atoms with Crippen molar-refractivity contribution in [2.45, 2.75) is 38.6 Å². The first kappa shape index (κ1) is 20.6. The third-order valence-electron chi connectivity index (χ3n) is 5.70. The van der Waals surface area contributed by atoms with Crippen LogP contribution in [0.4, 0.5) is 10.6 Å². The molecular formula is C19H26ClN7O3. The van der Waals surface area contributed by atoms with Crippen molar-refractivity contribution >= 4 is 40.6 Å². The number of piperidine rings is 2. The second-order valence-corrected chi connectivity index (χ2v) is 8.01. The molecule has 0 saturated carbocycles. The second-order valence-electron chi connectivity index (χ2n) is 7.67. The number of anilines is 1. The Balaban J connectivity index is 1.35. The van der Waals surface area contributed by atoms with Gasteiger partial charge in [0.2, 0.25) is 11.2 Å². The van der Waals surface area contributed by atoms with Crippen molar-refractivity contribution in [3.05, 3.63) is 11.6 Å². The lowest BCUT2D eigenvalue weighted by Crippen LogP contribution is -2.50. The zero-order chi connectivity index (χ0) is 21.1. The molecule has 0 aliphatic carbocycles. The maximum absolute atomic E-state index is 12.9. The van der Waals surface area contributed by atoms with E-state index in [1.807, 2.05) is 0 Å². The molecule has 162 valence electrons. The molecule has 2 fully saturated rings. The van der Waals surface area contributed by atoms with E-state index < -0.39 is 0 Å². The number of aromatic amines is 1. The summed E-state index contributed by atoms with van der Waals surface area (Å²) in [6.07, 6.45) is 4.47. The van der Waals surface area contributed by atoms with Crippen molar-refractivity contribution in [2.24, 2.45) is 5.92 Å². The van der Waals surface area contributed by atoms with Gasteiger partial charge in [0.25, 0.3) is 0 Å². The van der Waals surface area contributed by atoms with Crippen LogP contribution in [0, 0.1) is 5.92 Å². The number of halogens is 1. The Hall–Kier alpha value is -2.62. The number of hydrogen-bond donors (Lipinski definition) is 2. The van der Waals surface area contributed by atoms with Gasteiger partial charge in [-0.2, -0.15) is 9.97 Å². The van der Waals surface area contributed by atoms with Crippen LogP contribution in [0.15, 0.2) is 6.33 Å². The van der Waals surface area contributed by atoms with Gasteiger partial charge in [0.15, 0.2) is 11.5 Å². The smallest absolute Gasteiger partial charge is 0.409 e. The largest absolute Gasteiger partial charge is 0.450 e. The number of ether oxygens (including phenoxy) is 1. The predicted octanol–water partition coefficient (Wildman–Crippen LogP) is 1.96. The highest BCUT2D eigenvalue weighted by Gasteiger charge is 2.31. The highest BCUT2D eigenvalue weighted by atomic mass is 35.5. The highest BCUT2D eigenvalue weighted by molar-refractivity contribution is 6.28. The minimum atomic E-state index is -0.279. The number of aromatic nitrogens is 4. The fourth-order valence-corrected chi connectivity index (χ4v) is 4.30. The molecule has 2 amide bonds. The Kier molecular flexibility index (Phi) is 6.21. The lowest BCUT2D eigenvalue weighted by molar-refractivity contribution is -0.126. The first-order valence-corrected chi connectivity index (χ1v) is 10.8. The topological polar surface area (TPSA) is 116 Å². The number of nitrogens with zero attached hydrogens (tertiary/aromatic N) is 5. The summed E-state index contributed by atoms with van der Waals surface area (Å²) in [4.78, 5) is 44.2. The highest BCUT2D eigenvalue weighted by Crippen LogP contribution is 2.27. The van der Waals surface area contributed by atoms with E-state index in [1.165, 1.54) is 0 Å². The fourth-order valence-electron chi connectivity index (χ4n) is 4.14. The Bertz CT molecular complexity index is 913. The van der Waals surface area contributed by atoms with Crippen molar-refractivity contribution < 1.29 is 14.3 Å². The Labute approximate surface area is 179 Å². The van der Waals surface area contributed by atoms with Crippen LogP contribution in [0.5, 0.6) is 0 Å². The van der Waals surface area contributed by atoms with Gasteiger partial charge in [-0.05, 0) is 44.2 Å². The standard InChI is InChI=1S/C19H26ClN7O3/c1-2-30-19(29)26-8-5-13(6-9-26)23-17(28)12-4-3-7-27(10-12)16-14-15(22-11-21-14)24-18(20)25-16/h11-13H,2-10H2,1H3,(H,23,28)(H,21,22,24,25)/t12-/m1/s1. The molecule has 30 heavy (non-hydrogen) atoms. The minimum Gasteiger partial charge on any atom is -0.450 e. The Morgan fingerprint density at radius 2 is 2.07 bits per heavy atom. The summed E-state index contributed by atoms with van der Waals surface area (Å²) in [6, 6.07) is 0.0753. The SMILES string of the molecule is CCOC(=O)N1CCC(NC(=O)[C@@H]2CCCN(c3nc(Cl)nc4nc[nH]c34)C2)CC1. The van der Waals surface area contributed by atoms with E-state index >= 15 is 0 Å². The molecule has 0 bridgehead atoms. The van der Waals surface area contributed by atoms with Crippen LogP contribution < -0.4 is 10.2 Å². The zero-order valence-corrected chi connectivity index (χ0v) is 17.7. The normalized spacial score (nSPS) is 20.4. The summed E-state index contributed by atoms with van der Waals surface area (Å²) in [6.45, 7) is 4.72. The van der Waals surface area contributed by atoms with Gasteiger partial charge in [-0.15, -0.1) is 0 Å². The van der Waals surface area contributed by atoms with Crippen molar-refractivity contribution in [1.29, 1.82) is 0 Å². The third kappa shape index (κ3) is 4.43. The van der Waals surface area contributed by atoms with Crippen molar-refractivity contribution in [1.82, 2.24) is 30.2 Å². The van der Waals surface area contributed by atoms with Crippen molar-refractivity contribution in [3.8, 4) is 0 Å². The van der Waals surface area contributed by atoms with Crippen molar-refractivity contribution in [3.63, 3.8) is 0 Å². The molecule has 4 rings (SSSR count). The second kappa shape index (κ2) is 9.03. The molecule has 4 heterocycles. The van der Waals surface area contributed by atoms with Gasteiger partial charge in [0, 0.05) is 32.2 Å². The summed E-state index contributed by atoms with van der Waals surface area (Å²) in [5, 5.41) is 3.32. The molecule has 2 N–H and O–H groups in total. The van der Waals surface area contributed by atoms with Crippen LogP contribution in [-0.4, -0.2) is 75.7 Å². The molecule has 2 saturated heterocycles. The van der Waals surface area contributed by atoms with E-state index in [9.17, 15) is 9.59 Å². The summed E-state index contributed by atoms with van der Waals surface area (Å²) < 4.78 is 5.05. The van der Waals surface area contributed by atoms with Gasteiger partial charge in [0.05, 0.1) is 18.9 Å². The summed E-state index contributed by atoms with van der Waals surface area (Å²) in [5.41, 5.74) is 1.25. The first-order chi connectivity index (χ1) is 14.5. The third-order valence-corrected chi connectivity index (χ3v) is 5.87. The van der Waals surface area contributed by atoms with E-state index in [0.717, 1.165) is 37.7 Å². The molecule has 0 aromatic carbocycles.